The molecule has 0 radical (unpaired) electrons. The summed E-state index contributed by atoms with van der Waals surface area (Å²) in [6.45, 7) is 1.84. The second-order valence-electron chi connectivity index (χ2n) is 6.51. The van der Waals surface area contributed by atoms with Crippen molar-refractivity contribution in [2.45, 2.75) is 13.5 Å². The van der Waals surface area contributed by atoms with Crippen LogP contribution in [0.25, 0.3) is 11.4 Å². The summed E-state index contributed by atoms with van der Waals surface area (Å²) >= 11 is 0. The summed E-state index contributed by atoms with van der Waals surface area (Å²) in [4.78, 5) is 28.4. The number of likely N-dealkylation sites (N-methyl/N-ethyl adjacent to an activating group) is 1. The smallest absolute Gasteiger partial charge is 0.311 e. The lowest BCUT2D eigenvalue weighted by Gasteiger charge is -2.15. The van der Waals surface area contributed by atoms with Gasteiger partial charge in [-0.2, -0.15) is 4.98 Å². The minimum Gasteiger partial charge on any atom is -0.490 e. The number of amides is 1. The van der Waals surface area contributed by atoms with Crippen molar-refractivity contribution in [3.8, 4) is 22.9 Å². The highest BCUT2D eigenvalue weighted by molar-refractivity contribution is 5.77. The molecule has 0 atom stereocenters. The normalized spacial score (nSPS) is 10.5. The topological polar surface area (TPSA) is 121 Å². The van der Waals surface area contributed by atoms with Gasteiger partial charge in [0.2, 0.25) is 17.5 Å². The van der Waals surface area contributed by atoms with Gasteiger partial charge in [-0.15, -0.1) is 0 Å². The van der Waals surface area contributed by atoms with Crippen LogP contribution in [0.4, 0.5) is 5.69 Å². The van der Waals surface area contributed by atoms with E-state index in [0.717, 1.165) is 11.1 Å². The molecule has 2 aromatic carbocycles. The standard InChI is InChI=1S/C20H20N4O6/c1-13-4-6-14(7-5-13)20-21-18(30-22-20)11-23(2)19(25)12-29-15-8-9-16(24(26)27)17(10-15)28-3/h4-10H,11-12H2,1-3H3. The number of ether oxygens (including phenoxy) is 2. The van der Waals surface area contributed by atoms with Crippen molar-refractivity contribution in [1.29, 1.82) is 0 Å². The molecule has 1 heterocycles. The number of carbonyl (C=O) groups excluding carboxylic acids is 1. The number of nitro groups is 1. The number of hydrogen-bond donors (Lipinski definition) is 0. The summed E-state index contributed by atoms with van der Waals surface area (Å²) in [5.74, 6) is 0.729. The number of aromatic nitrogens is 2. The van der Waals surface area contributed by atoms with Crippen LogP contribution >= 0.6 is 0 Å². The van der Waals surface area contributed by atoms with Crippen molar-refractivity contribution < 1.29 is 23.7 Å². The third kappa shape index (κ3) is 4.90. The Balaban J connectivity index is 1.58. The van der Waals surface area contributed by atoms with E-state index < -0.39 is 4.92 Å². The lowest BCUT2D eigenvalue weighted by atomic mass is 10.1. The van der Waals surface area contributed by atoms with E-state index in [4.69, 9.17) is 14.0 Å². The van der Waals surface area contributed by atoms with Crippen LogP contribution in [0.3, 0.4) is 0 Å². The molecule has 0 saturated heterocycles. The monoisotopic (exact) mass is 412 g/mol. The third-order valence-corrected chi connectivity index (χ3v) is 4.29. The van der Waals surface area contributed by atoms with Gasteiger partial charge in [-0.25, -0.2) is 0 Å². The predicted molar refractivity (Wildman–Crippen MR) is 106 cm³/mol. The van der Waals surface area contributed by atoms with Crippen molar-refractivity contribution in [2.24, 2.45) is 0 Å². The van der Waals surface area contributed by atoms with Gasteiger partial charge in [-0.3, -0.25) is 14.9 Å². The molecule has 30 heavy (non-hydrogen) atoms. The van der Waals surface area contributed by atoms with Crippen molar-refractivity contribution in [3.63, 3.8) is 0 Å². The summed E-state index contributed by atoms with van der Waals surface area (Å²) in [6.07, 6.45) is 0. The van der Waals surface area contributed by atoms with Crippen LogP contribution in [0, 0.1) is 17.0 Å². The van der Waals surface area contributed by atoms with Gasteiger partial charge < -0.3 is 18.9 Å². The summed E-state index contributed by atoms with van der Waals surface area (Å²) in [6, 6.07) is 11.7. The number of nitro benzene ring substituents is 1. The average Bonchev–Trinajstić information content (AvgIpc) is 3.20. The first kappa shape index (κ1) is 20.8. The number of aryl methyl sites for hydroxylation is 1. The maximum absolute atomic E-state index is 12.3. The second kappa shape index (κ2) is 9.03. The Hall–Kier alpha value is -3.95. The first-order chi connectivity index (χ1) is 14.4. The van der Waals surface area contributed by atoms with Crippen LogP contribution in [-0.4, -0.2) is 46.6 Å². The Morgan fingerprint density at radius 3 is 2.63 bits per heavy atom. The van der Waals surface area contributed by atoms with E-state index in [2.05, 4.69) is 10.1 Å². The van der Waals surface area contributed by atoms with Crippen molar-refractivity contribution in [2.75, 3.05) is 20.8 Å². The lowest BCUT2D eigenvalue weighted by molar-refractivity contribution is -0.385. The Morgan fingerprint density at radius 1 is 1.23 bits per heavy atom. The van der Waals surface area contributed by atoms with E-state index in [1.165, 1.54) is 30.2 Å². The fourth-order valence-electron chi connectivity index (χ4n) is 2.58. The fourth-order valence-corrected chi connectivity index (χ4v) is 2.58. The predicted octanol–water partition coefficient (Wildman–Crippen LogP) is 3.00. The molecule has 10 nitrogen and oxygen atoms in total. The molecule has 0 spiro atoms. The molecule has 0 saturated carbocycles. The van der Waals surface area contributed by atoms with E-state index in [1.54, 1.807) is 7.05 Å². The van der Waals surface area contributed by atoms with Crippen LogP contribution in [-0.2, 0) is 11.3 Å². The SMILES string of the molecule is COc1cc(OCC(=O)N(C)Cc2nc(-c3ccc(C)cc3)no2)ccc1[N+](=O)[O-]. The van der Waals surface area contributed by atoms with Gasteiger partial charge in [-0.05, 0) is 13.0 Å². The van der Waals surface area contributed by atoms with Gasteiger partial charge in [0.15, 0.2) is 6.61 Å². The van der Waals surface area contributed by atoms with Gasteiger partial charge in [-0.1, -0.05) is 35.0 Å². The molecule has 3 rings (SSSR count). The molecular weight excluding hydrogens is 392 g/mol. The Bertz CT molecular complexity index is 1050. The van der Waals surface area contributed by atoms with Gasteiger partial charge in [0.25, 0.3) is 5.91 Å². The van der Waals surface area contributed by atoms with Crippen LogP contribution in [0.1, 0.15) is 11.5 Å². The molecule has 10 heteroatoms. The second-order valence-corrected chi connectivity index (χ2v) is 6.51. The van der Waals surface area contributed by atoms with Crippen molar-refractivity contribution in [3.05, 3.63) is 64.0 Å². The van der Waals surface area contributed by atoms with Crippen molar-refractivity contribution >= 4 is 11.6 Å². The van der Waals surface area contributed by atoms with Crippen LogP contribution in [0.15, 0.2) is 47.0 Å². The van der Waals surface area contributed by atoms with E-state index in [1.807, 2.05) is 31.2 Å². The first-order valence-electron chi connectivity index (χ1n) is 8.96. The largest absolute Gasteiger partial charge is 0.490 e. The Labute approximate surface area is 172 Å². The molecule has 1 amide bonds. The number of rotatable bonds is 8. The van der Waals surface area contributed by atoms with Crippen LogP contribution < -0.4 is 9.47 Å². The van der Waals surface area contributed by atoms with E-state index in [0.29, 0.717) is 11.7 Å². The molecule has 0 aliphatic rings. The van der Waals surface area contributed by atoms with E-state index >= 15 is 0 Å². The Morgan fingerprint density at radius 2 is 1.97 bits per heavy atom. The summed E-state index contributed by atoms with van der Waals surface area (Å²) in [5, 5.41) is 14.9. The first-order valence-corrected chi connectivity index (χ1v) is 8.96. The number of nitrogens with zero attached hydrogens (tertiary/aromatic N) is 4. The number of benzene rings is 2. The van der Waals surface area contributed by atoms with E-state index in [9.17, 15) is 14.9 Å². The summed E-state index contributed by atoms with van der Waals surface area (Å²) in [7, 11) is 2.90. The van der Waals surface area contributed by atoms with Gasteiger partial charge in [0.05, 0.1) is 18.6 Å². The molecule has 3 aromatic rings. The fraction of sp³-hybridized carbons (Fsp3) is 0.250. The third-order valence-electron chi connectivity index (χ3n) is 4.29. The minimum atomic E-state index is -0.559. The zero-order valence-electron chi connectivity index (χ0n) is 16.7. The number of methoxy groups -OCH3 is 1. The molecule has 1 aromatic heterocycles. The number of hydrogen-bond acceptors (Lipinski definition) is 8. The quantitative estimate of drug-likeness (QED) is 0.409. The Kier molecular flexibility index (Phi) is 6.26. The zero-order valence-corrected chi connectivity index (χ0v) is 16.7. The molecule has 0 aliphatic carbocycles. The van der Waals surface area contributed by atoms with Crippen LogP contribution in [0.2, 0.25) is 0 Å². The average molecular weight is 412 g/mol. The highest BCUT2D eigenvalue weighted by Crippen LogP contribution is 2.30. The summed E-state index contributed by atoms with van der Waals surface area (Å²) in [5.41, 5.74) is 1.76. The van der Waals surface area contributed by atoms with Gasteiger partial charge in [0, 0.05) is 24.7 Å². The summed E-state index contributed by atoms with van der Waals surface area (Å²) < 4.78 is 15.6. The van der Waals surface area contributed by atoms with E-state index in [-0.39, 0.29) is 36.2 Å². The highest BCUT2D eigenvalue weighted by Gasteiger charge is 2.18. The van der Waals surface area contributed by atoms with Gasteiger partial charge in [0.1, 0.15) is 5.75 Å². The van der Waals surface area contributed by atoms with Crippen molar-refractivity contribution in [1.82, 2.24) is 15.0 Å². The van der Waals surface area contributed by atoms with Gasteiger partial charge >= 0.3 is 5.69 Å². The molecule has 0 unspecified atom stereocenters. The molecule has 0 N–H and O–H groups in total. The maximum atomic E-state index is 12.3. The van der Waals surface area contributed by atoms with Crippen LogP contribution in [0.5, 0.6) is 11.5 Å². The lowest BCUT2D eigenvalue weighted by Crippen LogP contribution is -2.31. The molecular formula is C20H20N4O6. The minimum absolute atomic E-state index is 0.0489. The molecule has 156 valence electrons. The zero-order chi connectivity index (χ0) is 21.7. The highest BCUT2D eigenvalue weighted by atomic mass is 16.6. The molecule has 0 bridgehead atoms. The maximum Gasteiger partial charge on any atom is 0.311 e. The molecule has 0 fully saturated rings. The molecule has 0 aliphatic heterocycles. The number of carbonyl (C=O) groups is 1.